The first-order valence-corrected chi connectivity index (χ1v) is 7.38. The molecular weight excluding hydrogens is 240 g/mol. The van der Waals surface area contributed by atoms with Crippen LogP contribution in [0.4, 0.5) is 0 Å². The van der Waals surface area contributed by atoms with E-state index >= 15 is 0 Å². The van der Waals surface area contributed by atoms with Gasteiger partial charge in [0, 0.05) is 18.8 Å². The Bertz CT molecular complexity index is 418. The van der Waals surface area contributed by atoms with Crippen LogP contribution >= 0.6 is 0 Å². The third-order valence-corrected chi connectivity index (χ3v) is 4.25. The maximum absolute atomic E-state index is 10.9. The Kier molecular flexibility index (Phi) is 4.72. The third-order valence-electron chi connectivity index (χ3n) is 4.25. The Hall–Kier alpha value is -1.19. The molecule has 0 unspecified atom stereocenters. The molecule has 0 atom stereocenters. The maximum Gasteiger partial charge on any atom is 0.227 e. The number of carbonyl (C=O) groups is 1. The summed E-state index contributed by atoms with van der Waals surface area (Å²) >= 11 is 0. The number of hydrogen-bond acceptors (Lipinski definition) is 4. The molecule has 0 N–H and O–H groups in total. The topological polar surface area (TPSA) is 56.0 Å². The highest BCUT2D eigenvalue weighted by Crippen LogP contribution is 2.37. The van der Waals surface area contributed by atoms with E-state index in [1.54, 1.807) is 6.92 Å². The molecule has 0 radical (unpaired) electrons. The van der Waals surface area contributed by atoms with Crippen LogP contribution in [0.5, 0.6) is 0 Å². The predicted molar refractivity (Wildman–Crippen MR) is 72.8 cm³/mol. The fourth-order valence-corrected chi connectivity index (χ4v) is 2.86. The zero-order chi connectivity index (χ0) is 13.8. The van der Waals surface area contributed by atoms with Gasteiger partial charge in [-0.2, -0.15) is 4.98 Å². The van der Waals surface area contributed by atoms with E-state index in [9.17, 15) is 4.79 Å². The van der Waals surface area contributed by atoms with E-state index in [1.807, 2.05) is 0 Å². The van der Waals surface area contributed by atoms with Crippen LogP contribution in [-0.2, 0) is 11.2 Å². The zero-order valence-corrected chi connectivity index (χ0v) is 12.2. The van der Waals surface area contributed by atoms with Gasteiger partial charge in [-0.1, -0.05) is 19.0 Å². The number of aryl methyl sites for hydroxylation is 1. The Labute approximate surface area is 115 Å². The zero-order valence-electron chi connectivity index (χ0n) is 12.2. The minimum Gasteiger partial charge on any atom is -0.339 e. The van der Waals surface area contributed by atoms with Crippen molar-refractivity contribution in [3.63, 3.8) is 0 Å². The standard InChI is InChI=1S/C15H24N2O2/c1-10(2)12-5-7-13(8-6-12)15-16-14(19-17-15)9-4-11(3)18/h10,12-13H,4-9H2,1-3H3. The predicted octanol–water partition coefficient (Wildman–Crippen LogP) is 3.52. The highest BCUT2D eigenvalue weighted by molar-refractivity contribution is 5.75. The van der Waals surface area contributed by atoms with Crippen molar-refractivity contribution < 1.29 is 9.32 Å². The fourth-order valence-electron chi connectivity index (χ4n) is 2.86. The van der Waals surface area contributed by atoms with E-state index in [0.717, 1.165) is 30.5 Å². The molecule has 19 heavy (non-hydrogen) atoms. The van der Waals surface area contributed by atoms with Gasteiger partial charge in [0.2, 0.25) is 5.89 Å². The summed E-state index contributed by atoms with van der Waals surface area (Å²) in [5.74, 6) is 3.69. The van der Waals surface area contributed by atoms with Crippen molar-refractivity contribution in [1.82, 2.24) is 10.1 Å². The summed E-state index contributed by atoms with van der Waals surface area (Å²) in [5, 5.41) is 4.09. The third kappa shape index (κ3) is 3.88. The lowest BCUT2D eigenvalue weighted by molar-refractivity contribution is -0.117. The molecule has 0 saturated heterocycles. The lowest BCUT2D eigenvalue weighted by Crippen LogP contribution is -2.18. The number of rotatable bonds is 5. The summed E-state index contributed by atoms with van der Waals surface area (Å²) in [6.45, 7) is 6.20. The fraction of sp³-hybridized carbons (Fsp3) is 0.800. The van der Waals surface area contributed by atoms with Crippen molar-refractivity contribution in [3.8, 4) is 0 Å². The van der Waals surface area contributed by atoms with Gasteiger partial charge >= 0.3 is 0 Å². The Morgan fingerprint density at radius 3 is 2.58 bits per heavy atom. The van der Waals surface area contributed by atoms with E-state index in [0.29, 0.717) is 24.7 Å². The second-order valence-corrected chi connectivity index (χ2v) is 6.10. The number of nitrogens with zero attached hydrogens (tertiary/aromatic N) is 2. The molecule has 1 aliphatic carbocycles. The summed E-state index contributed by atoms with van der Waals surface area (Å²) in [5.41, 5.74) is 0. The molecule has 1 aliphatic rings. The highest BCUT2D eigenvalue weighted by Gasteiger charge is 2.27. The first-order valence-electron chi connectivity index (χ1n) is 7.38. The van der Waals surface area contributed by atoms with E-state index in [-0.39, 0.29) is 5.78 Å². The van der Waals surface area contributed by atoms with Gasteiger partial charge in [-0.3, -0.25) is 0 Å². The van der Waals surface area contributed by atoms with E-state index in [2.05, 4.69) is 24.0 Å². The highest BCUT2D eigenvalue weighted by atomic mass is 16.5. The van der Waals surface area contributed by atoms with E-state index in [1.165, 1.54) is 12.8 Å². The lowest BCUT2D eigenvalue weighted by Gasteiger charge is -2.29. The summed E-state index contributed by atoms with van der Waals surface area (Å²) < 4.78 is 5.23. The maximum atomic E-state index is 10.9. The van der Waals surface area contributed by atoms with Crippen molar-refractivity contribution in [2.24, 2.45) is 11.8 Å². The van der Waals surface area contributed by atoms with Crippen LogP contribution < -0.4 is 0 Å². The van der Waals surface area contributed by atoms with Crippen molar-refractivity contribution in [3.05, 3.63) is 11.7 Å². The van der Waals surface area contributed by atoms with Crippen LogP contribution in [0.15, 0.2) is 4.52 Å². The molecule has 1 fully saturated rings. The molecule has 0 aromatic carbocycles. The van der Waals surface area contributed by atoms with Gasteiger partial charge in [0.1, 0.15) is 5.78 Å². The molecule has 1 aromatic heterocycles. The van der Waals surface area contributed by atoms with Crippen molar-refractivity contribution in [2.75, 3.05) is 0 Å². The summed E-state index contributed by atoms with van der Waals surface area (Å²) in [6.07, 6.45) is 5.91. The molecular formula is C15H24N2O2. The molecule has 1 saturated carbocycles. The van der Waals surface area contributed by atoms with Gasteiger partial charge < -0.3 is 9.32 Å². The van der Waals surface area contributed by atoms with Gasteiger partial charge in [0.15, 0.2) is 5.82 Å². The molecule has 106 valence electrons. The smallest absolute Gasteiger partial charge is 0.227 e. The Morgan fingerprint density at radius 2 is 2.00 bits per heavy atom. The van der Waals surface area contributed by atoms with Crippen LogP contribution in [0.2, 0.25) is 0 Å². The first-order chi connectivity index (χ1) is 9.06. The minimum atomic E-state index is 0.164. The van der Waals surface area contributed by atoms with Gasteiger partial charge in [0.25, 0.3) is 0 Å². The number of hydrogen-bond donors (Lipinski definition) is 0. The molecule has 2 rings (SSSR count). The molecule has 1 aromatic rings. The van der Waals surface area contributed by atoms with Crippen molar-refractivity contribution in [1.29, 1.82) is 0 Å². The second-order valence-electron chi connectivity index (χ2n) is 6.10. The van der Waals surface area contributed by atoms with Gasteiger partial charge in [-0.15, -0.1) is 0 Å². The van der Waals surface area contributed by atoms with Crippen LogP contribution in [-0.4, -0.2) is 15.9 Å². The lowest BCUT2D eigenvalue weighted by atomic mass is 9.77. The minimum absolute atomic E-state index is 0.164. The molecule has 4 heteroatoms. The van der Waals surface area contributed by atoms with Gasteiger partial charge in [-0.25, -0.2) is 0 Å². The summed E-state index contributed by atoms with van der Waals surface area (Å²) in [6, 6.07) is 0. The SMILES string of the molecule is CC(=O)CCc1nc(C2CCC(C(C)C)CC2)no1. The largest absolute Gasteiger partial charge is 0.339 e. The van der Waals surface area contributed by atoms with Gasteiger partial charge in [-0.05, 0) is 44.4 Å². The molecule has 0 bridgehead atoms. The molecule has 0 spiro atoms. The van der Waals surface area contributed by atoms with E-state index in [4.69, 9.17) is 4.52 Å². The Morgan fingerprint density at radius 1 is 1.32 bits per heavy atom. The average molecular weight is 264 g/mol. The van der Waals surface area contributed by atoms with Crippen LogP contribution in [0.1, 0.15) is 70.5 Å². The number of carbonyl (C=O) groups excluding carboxylic acids is 1. The normalized spacial score (nSPS) is 23.8. The number of aromatic nitrogens is 2. The Balaban J connectivity index is 1.88. The monoisotopic (exact) mass is 264 g/mol. The van der Waals surface area contributed by atoms with Crippen LogP contribution in [0, 0.1) is 11.8 Å². The number of ketones is 1. The second kappa shape index (κ2) is 6.31. The molecule has 1 heterocycles. The van der Waals surface area contributed by atoms with Crippen LogP contribution in [0.3, 0.4) is 0 Å². The van der Waals surface area contributed by atoms with E-state index < -0.39 is 0 Å². The van der Waals surface area contributed by atoms with Crippen LogP contribution in [0.25, 0.3) is 0 Å². The van der Waals surface area contributed by atoms with Gasteiger partial charge in [0.05, 0.1) is 0 Å². The summed E-state index contributed by atoms with van der Waals surface area (Å²) in [7, 11) is 0. The summed E-state index contributed by atoms with van der Waals surface area (Å²) in [4.78, 5) is 15.4. The average Bonchev–Trinajstić information content (AvgIpc) is 2.85. The van der Waals surface area contributed by atoms with Crippen molar-refractivity contribution in [2.45, 2.75) is 65.2 Å². The molecule has 4 nitrogen and oxygen atoms in total. The molecule has 0 amide bonds. The quantitative estimate of drug-likeness (QED) is 0.816. The van der Waals surface area contributed by atoms with Crippen molar-refractivity contribution >= 4 is 5.78 Å². The first kappa shape index (κ1) is 14.2. The number of Topliss-reactive ketones (excluding diaryl/α,β-unsaturated/α-hetero) is 1. The molecule has 0 aliphatic heterocycles.